The van der Waals surface area contributed by atoms with Crippen LogP contribution in [0.3, 0.4) is 0 Å². The van der Waals surface area contributed by atoms with Gasteiger partial charge in [0.2, 0.25) is 0 Å². The second-order valence-corrected chi connectivity index (χ2v) is 10.7. The number of hydrogen-bond donors (Lipinski definition) is 2. The highest BCUT2D eigenvalue weighted by Gasteiger charge is 2.35. The van der Waals surface area contributed by atoms with Crippen molar-refractivity contribution >= 4 is 17.8 Å². The fraction of sp³-hybridized carbons (Fsp3) is 0.312. The Morgan fingerprint density at radius 2 is 1.74 bits per heavy atom. The van der Waals surface area contributed by atoms with Crippen LogP contribution < -0.4 is 10.6 Å². The predicted molar refractivity (Wildman–Crippen MR) is 163 cm³/mol. The summed E-state index contributed by atoms with van der Waals surface area (Å²) in [6.07, 6.45) is 1.60. The molecule has 2 N–H and O–H groups in total. The number of nitrogens with zero attached hydrogens (tertiary/aromatic N) is 5. The molecule has 1 aliphatic rings. The fourth-order valence-electron chi connectivity index (χ4n) is 5.38. The molecule has 1 fully saturated rings. The van der Waals surface area contributed by atoms with E-state index >= 15 is 0 Å². The number of urea groups is 1. The number of para-hydroxylation sites is 1. The Balaban J connectivity index is 1.44. The van der Waals surface area contributed by atoms with Gasteiger partial charge in [-0.25, -0.2) is 9.48 Å². The van der Waals surface area contributed by atoms with Crippen LogP contribution in [0.1, 0.15) is 27.5 Å². The molecule has 5 rings (SSSR count). The highest BCUT2D eigenvalue weighted by Crippen LogP contribution is 2.32. The number of benzene rings is 2. The Labute approximate surface area is 246 Å². The monoisotopic (exact) mass is 567 g/mol. The Kier molecular flexibility index (Phi) is 8.94. The van der Waals surface area contributed by atoms with Gasteiger partial charge >= 0.3 is 6.03 Å². The highest BCUT2D eigenvalue weighted by atomic mass is 16.5. The van der Waals surface area contributed by atoms with Gasteiger partial charge in [0.05, 0.1) is 24.0 Å². The number of methoxy groups -OCH3 is 1. The molecular weight excluding hydrogens is 530 g/mol. The van der Waals surface area contributed by atoms with Gasteiger partial charge in [0, 0.05) is 64.1 Å². The molecule has 4 aromatic rings. The Hall–Kier alpha value is -4.54. The molecule has 2 atom stereocenters. The van der Waals surface area contributed by atoms with Gasteiger partial charge in [-0.2, -0.15) is 5.10 Å². The van der Waals surface area contributed by atoms with E-state index in [1.807, 2.05) is 61.5 Å². The first kappa shape index (κ1) is 29.0. The average Bonchev–Trinajstić information content (AvgIpc) is 3.56. The van der Waals surface area contributed by atoms with Crippen LogP contribution in [0.15, 0.2) is 79.0 Å². The largest absolute Gasteiger partial charge is 0.383 e. The average molecular weight is 568 g/mol. The van der Waals surface area contributed by atoms with Gasteiger partial charge in [0.15, 0.2) is 0 Å². The number of carbonyl (C=O) groups excluding carboxylic acids is 2. The lowest BCUT2D eigenvalue weighted by atomic mass is 9.94. The zero-order valence-electron chi connectivity index (χ0n) is 24.4. The molecule has 2 aromatic heterocycles. The number of hydrogen-bond acceptors (Lipinski definition) is 6. The zero-order chi connectivity index (χ0) is 29.6. The zero-order valence-corrected chi connectivity index (χ0v) is 24.4. The summed E-state index contributed by atoms with van der Waals surface area (Å²) in [5, 5.41) is 11.2. The van der Waals surface area contributed by atoms with Crippen molar-refractivity contribution in [3.63, 3.8) is 0 Å². The van der Waals surface area contributed by atoms with E-state index in [2.05, 4.69) is 32.7 Å². The van der Waals surface area contributed by atoms with Crippen molar-refractivity contribution in [1.82, 2.24) is 29.9 Å². The van der Waals surface area contributed by atoms with Gasteiger partial charge < -0.3 is 15.0 Å². The van der Waals surface area contributed by atoms with Crippen molar-refractivity contribution < 1.29 is 14.3 Å². The smallest absolute Gasteiger partial charge is 0.320 e. The summed E-state index contributed by atoms with van der Waals surface area (Å²) in [6.45, 7) is 4.90. The summed E-state index contributed by atoms with van der Waals surface area (Å²) < 4.78 is 7.03. The minimum Gasteiger partial charge on any atom is -0.383 e. The van der Waals surface area contributed by atoms with Crippen LogP contribution in [0, 0.1) is 6.92 Å². The number of nitrogens with one attached hydrogen (secondary N) is 2. The Morgan fingerprint density at radius 3 is 2.43 bits per heavy atom. The fourth-order valence-corrected chi connectivity index (χ4v) is 5.38. The van der Waals surface area contributed by atoms with Crippen LogP contribution in [0.4, 0.5) is 10.6 Å². The minimum atomic E-state index is -0.306. The molecule has 42 heavy (non-hydrogen) atoms. The highest BCUT2D eigenvalue weighted by molar-refractivity contribution is 5.94. The number of likely N-dealkylation sites (tertiary alicyclic amines) is 1. The van der Waals surface area contributed by atoms with Crippen LogP contribution in [-0.4, -0.2) is 90.0 Å². The van der Waals surface area contributed by atoms with Crippen LogP contribution in [0.2, 0.25) is 0 Å². The maximum Gasteiger partial charge on any atom is 0.320 e. The number of anilines is 1. The summed E-state index contributed by atoms with van der Waals surface area (Å²) in [6, 6.07) is 23.1. The molecule has 1 aliphatic heterocycles. The van der Waals surface area contributed by atoms with E-state index < -0.39 is 0 Å². The standard InChI is InChI=1S/C32H37N7O3/c1-22-29(24-15-16-33-27(19-24)31(40)37(2)3)36-39(25-13-9-6-10-14-25)30(22)35-32(41)34-28-21-38(17-18-42-4)20-26(28)23-11-7-5-8-12-23/h5-16,19,26,28H,17-18,20-21H2,1-4H3,(H2,34,35,41)/t26-,28+/m0/s1. The number of pyridine rings is 1. The van der Waals surface area contributed by atoms with Crippen molar-refractivity contribution in [2.45, 2.75) is 18.9 Å². The van der Waals surface area contributed by atoms with Gasteiger partial charge in [0.1, 0.15) is 11.5 Å². The number of aromatic nitrogens is 3. The molecule has 1 saturated heterocycles. The van der Waals surface area contributed by atoms with Crippen molar-refractivity contribution in [1.29, 1.82) is 0 Å². The van der Waals surface area contributed by atoms with E-state index in [0.717, 1.165) is 36.4 Å². The molecular formula is C32H37N7O3. The van der Waals surface area contributed by atoms with Crippen molar-refractivity contribution in [3.8, 4) is 16.9 Å². The molecule has 0 spiro atoms. The normalized spacial score (nSPS) is 16.8. The van der Waals surface area contributed by atoms with Crippen LogP contribution >= 0.6 is 0 Å². The number of ether oxygens (including phenoxy) is 1. The second-order valence-electron chi connectivity index (χ2n) is 10.7. The van der Waals surface area contributed by atoms with Crippen molar-refractivity contribution in [2.24, 2.45) is 0 Å². The summed E-state index contributed by atoms with van der Waals surface area (Å²) in [7, 11) is 5.08. The SMILES string of the molecule is COCCN1C[C@@H](NC(=O)Nc2c(C)c(-c3ccnc(C(=O)N(C)C)c3)nn2-c2ccccc2)[C@H](c2ccccc2)C1. The Bertz CT molecular complexity index is 1520. The van der Waals surface area contributed by atoms with Crippen LogP contribution in [0.5, 0.6) is 0 Å². The van der Waals surface area contributed by atoms with Crippen molar-refractivity contribution in [2.75, 3.05) is 52.8 Å². The van der Waals surface area contributed by atoms with E-state index in [9.17, 15) is 9.59 Å². The number of amides is 3. The van der Waals surface area contributed by atoms with E-state index in [1.165, 1.54) is 10.5 Å². The third-order valence-electron chi connectivity index (χ3n) is 7.56. The predicted octanol–water partition coefficient (Wildman–Crippen LogP) is 4.18. The molecule has 218 valence electrons. The van der Waals surface area contributed by atoms with Gasteiger partial charge in [-0.05, 0) is 36.8 Å². The van der Waals surface area contributed by atoms with Crippen LogP contribution in [-0.2, 0) is 4.74 Å². The third kappa shape index (κ3) is 6.35. The summed E-state index contributed by atoms with van der Waals surface area (Å²) >= 11 is 0. The summed E-state index contributed by atoms with van der Waals surface area (Å²) in [4.78, 5) is 34.2. The van der Waals surface area contributed by atoms with Gasteiger partial charge in [-0.1, -0.05) is 48.5 Å². The maximum absolute atomic E-state index is 13.6. The van der Waals surface area contributed by atoms with Crippen molar-refractivity contribution in [3.05, 3.63) is 95.8 Å². The summed E-state index contributed by atoms with van der Waals surface area (Å²) in [5.41, 5.74) is 4.48. The quantitative estimate of drug-likeness (QED) is 0.315. The molecule has 10 nitrogen and oxygen atoms in total. The van der Waals surface area contributed by atoms with Crippen LogP contribution in [0.25, 0.3) is 16.9 Å². The lowest BCUT2D eigenvalue weighted by molar-refractivity contribution is 0.0822. The molecule has 0 radical (unpaired) electrons. The maximum atomic E-state index is 13.6. The molecule has 0 aliphatic carbocycles. The van der Waals surface area contributed by atoms with E-state index in [4.69, 9.17) is 9.84 Å². The molecule has 3 amide bonds. The lowest BCUT2D eigenvalue weighted by Gasteiger charge is -2.21. The first-order chi connectivity index (χ1) is 20.4. The second kappa shape index (κ2) is 13.0. The van der Waals surface area contributed by atoms with E-state index in [-0.39, 0.29) is 23.9 Å². The minimum absolute atomic E-state index is 0.0862. The van der Waals surface area contributed by atoms with Gasteiger partial charge in [0.25, 0.3) is 5.91 Å². The molecule has 0 saturated carbocycles. The van der Waals surface area contributed by atoms with Gasteiger partial charge in [-0.3, -0.25) is 20.0 Å². The number of rotatable bonds is 9. The Morgan fingerprint density at radius 1 is 1.02 bits per heavy atom. The number of carbonyl (C=O) groups is 2. The van der Waals surface area contributed by atoms with Gasteiger partial charge in [-0.15, -0.1) is 0 Å². The lowest BCUT2D eigenvalue weighted by Crippen LogP contribution is -2.42. The molecule has 0 unspecified atom stereocenters. The van der Waals surface area contributed by atoms with E-state index in [1.54, 1.807) is 38.2 Å². The first-order valence-electron chi connectivity index (χ1n) is 14.0. The molecule has 2 aromatic carbocycles. The third-order valence-corrected chi connectivity index (χ3v) is 7.56. The molecule has 10 heteroatoms. The summed E-state index contributed by atoms with van der Waals surface area (Å²) in [5.74, 6) is 0.504. The first-order valence-corrected chi connectivity index (χ1v) is 14.0. The topological polar surface area (TPSA) is 105 Å². The van der Waals surface area contributed by atoms with E-state index in [0.29, 0.717) is 23.8 Å². The molecule has 3 heterocycles. The molecule has 0 bridgehead atoms.